The van der Waals surface area contributed by atoms with E-state index in [-0.39, 0.29) is 5.91 Å². The van der Waals surface area contributed by atoms with Crippen molar-refractivity contribution in [3.05, 3.63) is 0 Å². The van der Waals surface area contributed by atoms with Gasteiger partial charge < -0.3 is 5.32 Å². The highest BCUT2D eigenvalue weighted by Gasteiger charge is 2.20. The minimum atomic E-state index is 0.239. The molecule has 1 rings (SSSR count). The molecule has 1 fully saturated rings. The fourth-order valence-electron chi connectivity index (χ4n) is 2.63. The molecule has 2 nitrogen and oxygen atoms in total. The molecule has 0 aliphatic heterocycles. The van der Waals surface area contributed by atoms with Crippen molar-refractivity contribution >= 4 is 21.8 Å². The summed E-state index contributed by atoms with van der Waals surface area (Å²) in [5.41, 5.74) is 0. The Balaban J connectivity index is 2.21. The molecule has 0 bridgehead atoms. The van der Waals surface area contributed by atoms with E-state index in [2.05, 4.69) is 28.2 Å². The second kappa shape index (κ2) is 8.96. The molecule has 1 amide bonds. The first-order valence-electron chi connectivity index (χ1n) is 7.09. The van der Waals surface area contributed by atoms with Crippen LogP contribution in [0.2, 0.25) is 0 Å². The molecule has 100 valence electrons. The van der Waals surface area contributed by atoms with E-state index in [1.54, 1.807) is 0 Å². The number of hydrogen-bond acceptors (Lipinski definition) is 1. The van der Waals surface area contributed by atoms with Gasteiger partial charge in [-0.15, -0.1) is 0 Å². The van der Waals surface area contributed by atoms with Gasteiger partial charge in [0.15, 0.2) is 0 Å². The van der Waals surface area contributed by atoms with Gasteiger partial charge >= 0.3 is 0 Å². The second-order valence-electron chi connectivity index (χ2n) is 5.25. The molecule has 1 saturated carbocycles. The third-order valence-electron chi connectivity index (χ3n) is 3.78. The molecule has 0 saturated heterocycles. The number of carbonyl (C=O) groups is 1. The van der Waals surface area contributed by atoms with E-state index in [1.165, 1.54) is 38.5 Å². The Bertz CT molecular complexity index is 212. The van der Waals surface area contributed by atoms with Gasteiger partial charge in [0, 0.05) is 17.8 Å². The zero-order valence-electron chi connectivity index (χ0n) is 11.0. The van der Waals surface area contributed by atoms with E-state index < -0.39 is 0 Å². The van der Waals surface area contributed by atoms with Crippen LogP contribution >= 0.6 is 15.9 Å². The number of rotatable bonds is 6. The van der Waals surface area contributed by atoms with Crippen molar-refractivity contribution in [3.8, 4) is 0 Å². The smallest absolute Gasteiger partial charge is 0.220 e. The first kappa shape index (κ1) is 15.0. The number of carbonyl (C=O) groups excluding carboxylic acids is 1. The summed E-state index contributed by atoms with van der Waals surface area (Å²) in [7, 11) is 0. The van der Waals surface area contributed by atoms with Crippen molar-refractivity contribution in [1.29, 1.82) is 0 Å². The van der Waals surface area contributed by atoms with Crippen LogP contribution in [0.5, 0.6) is 0 Å². The minimum absolute atomic E-state index is 0.239. The Morgan fingerprint density at radius 2 is 1.88 bits per heavy atom. The molecule has 0 aromatic rings. The summed E-state index contributed by atoms with van der Waals surface area (Å²) in [6, 6.07) is 0.365. The molecule has 0 aromatic carbocycles. The maximum absolute atomic E-state index is 11.7. The standard InChI is InChI=1S/C14H26BrNO/c1-12(13-8-4-2-3-5-9-13)16-14(17)10-6-7-11-15/h12-13H,2-11H2,1H3,(H,16,17)/t12-/m1/s1. The van der Waals surface area contributed by atoms with Crippen molar-refractivity contribution in [2.75, 3.05) is 5.33 Å². The predicted octanol–water partition coefficient (Wildman–Crippen LogP) is 4.03. The van der Waals surface area contributed by atoms with Crippen molar-refractivity contribution in [2.24, 2.45) is 5.92 Å². The Kier molecular flexibility index (Phi) is 7.91. The molecular weight excluding hydrogens is 278 g/mol. The number of halogens is 1. The van der Waals surface area contributed by atoms with Crippen molar-refractivity contribution in [3.63, 3.8) is 0 Å². The first-order chi connectivity index (χ1) is 8.24. The highest BCUT2D eigenvalue weighted by molar-refractivity contribution is 9.09. The Morgan fingerprint density at radius 3 is 2.47 bits per heavy atom. The topological polar surface area (TPSA) is 29.1 Å². The largest absolute Gasteiger partial charge is 0.353 e. The molecule has 1 aliphatic carbocycles. The fraction of sp³-hybridized carbons (Fsp3) is 0.929. The molecule has 0 unspecified atom stereocenters. The number of nitrogens with one attached hydrogen (secondary N) is 1. The zero-order valence-corrected chi connectivity index (χ0v) is 12.6. The highest BCUT2D eigenvalue weighted by Crippen LogP contribution is 2.25. The van der Waals surface area contributed by atoms with Crippen LogP contribution in [0, 0.1) is 5.92 Å². The van der Waals surface area contributed by atoms with Gasteiger partial charge in [-0.25, -0.2) is 0 Å². The molecule has 0 spiro atoms. The van der Waals surface area contributed by atoms with Crippen molar-refractivity contribution in [2.45, 2.75) is 70.8 Å². The summed E-state index contributed by atoms with van der Waals surface area (Å²) in [6.07, 6.45) is 10.8. The number of unbranched alkanes of at least 4 members (excludes halogenated alkanes) is 1. The van der Waals surface area contributed by atoms with Crippen molar-refractivity contribution < 1.29 is 4.79 Å². The van der Waals surface area contributed by atoms with Crippen LogP contribution in [0.1, 0.15) is 64.7 Å². The van der Waals surface area contributed by atoms with E-state index in [9.17, 15) is 4.79 Å². The molecule has 0 aromatic heterocycles. The van der Waals surface area contributed by atoms with Gasteiger partial charge in [0.25, 0.3) is 0 Å². The van der Waals surface area contributed by atoms with Crippen LogP contribution in [-0.2, 0) is 4.79 Å². The zero-order chi connectivity index (χ0) is 12.5. The van der Waals surface area contributed by atoms with Crippen LogP contribution < -0.4 is 5.32 Å². The van der Waals surface area contributed by atoms with Gasteiger partial charge in [-0.05, 0) is 38.5 Å². The van der Waals surface area contributed by atoms with Gasteiger partial charge in [0.2, 0.25) is 5.91 Å². The first-order valence-corrected chi connectivity index (χ1v) is 8.21. The number of alkyl halides is 1. The number of hydrogen-bond donors (Lipinski definition) is 1. The average molecular weight is 304 g/mol. The fourth-order valence-corrected chi connectivity index (χ4v) is 3.03. The van der Waals surface area contributed by atoms with Crippen LogP contribution in [0.4, 0.5) is 0 Å². The van der Waals surface area contributed by atoms with Crippen LogP contribution in [-0.4, -0.2) is 17.3 Å². The van der Waals surface area contributed by atoms with Gasteiger partial charge in [-0.2, -0.15) is 0 Å². The third-order valence-corrected chi connectivity index (χ3v) is 4.34. The molecule has 1 aliphatic rings. The molecule has 1 N–H and O–H groups in total. The quantitative estimate of drug-likeness (QED) is 0.448. The summed E-state index contributed by atoms with van der Waals surface area (Å²) in [5, 5.41) is 4.18. The molecule has 1 atom stereocenters. The molecule has 3 heteroatoms. The highest BCUT2D eigenvalue weighted by atomic mass is 79.9. The lowest BCUT2D eigenvalue weighted by atomic mass is 9.93. The van der Waals surface area contributed by atoms with E-state index in [0.717, 1.165) is 18.2 Å². The average Bonchev–Trinajstić information content (AvgIpc) is 2.57. The van der Waals surface area contributed by atoms with E-state index >= 15 is 0 Å². The lowest BCUT2D eigenvalue weighted by Crippen LogP contribution is -2.37. The summed E-state index contributed by atoms with van der Waals surface area (Å²) in [6.45, 7) is 2.18. The molecule has 0 radical (unpaired) electrons. The maximum Gasteiger partial charge on any atom is 0.220 e. The normalized spacial score (nSPS) is 19.6. The number of amides is 1. The lowest BCUT2D eigenvalue weighted by molar-refractivity contribution is -0.122. The van der Waals surface area contributed by atoms with Gasteiger partial charge in [-0.1, -0.05) is 41.6 Å². The van der Waals surface area contributed by atoms with E-state index in [1.807, 2.05) is 0 Å². The van der Waals surface area contributed by atoms with Gasteiger partial charge in [-0.3, -0.25) is 4.79 Å². The SMILES string of the molecule is C[C@@H](NC(=O)CCCCBr)C1CCCCCC1. The maximum atomic E-state index is 11.7. The van der Waals surface area contributed by atoms with Crippen LogP contribution in [0.25, 0.3) is 0 Å². The van der Waals surface area contributed by atoms with Crippen LogP contribution in [0.15, 0.2) is 0 Å². The molecule has 17 heavy (non-hydrogen) atoms. The van der Waals surface area contributed by atoms with Gasteiger partial charge in [0.1, 0.15) is 0 Å². The van der Waals surface area contributed by atoms with Crippen molar-refractivity contribution in [1.82, 2.24) is 5.32 Å². The minimum Gasteiger partial charge on any atom is -0.353 e. The van der Waals surface area contributed by atoms with E-state index in [0.29, 0.717) is 18.4 Å². The lowest BCUT2D eigenvalue weighted by Gasteiger charge is -2.23. The summed E-state index contributed by atoms with van der Waals surface area (Å²) in [4.78, 5) is 11.7. The third kappa shape index (κ3) is 6.44. The Hall–Kier alpha value is -0.0500. The molecular formula is C14H26BrNO. The summed E-state index contributed by atoms with van der Waals surface area (Å²) >= 11 is 3.39. The molecule has 0 heterocycles. The monoisotopic (exact) mass is 303 g/mol. The van der Waals surface area contributed by atoms with Crippen LogP contribution in [0.3, 0.4) is 0 Å². The van der Waals surface area contributed by atoms with E-state index in [4.69, 9.17) is 0 Å². The second-order valence-corrected chi connectivity index (χ2v) is 6.05. The predicted molar refractivity (Wildman–Crippen MR) is 76.4 cm³/mol. The summed E-state index contributed by atoms with van der Waals surface area (Å²) < 4.78 is 0. The van der Waals surface area contributed by atoms with Gasteiger partial charge in [0.05, 0.1) is 0 Å². The Labute approximate surface area is 114 Å². The summed E-state index contributed by atoms with van der Waals surface area (Å²) in [5.74, 6) is 0.945. The Morgan fingerprint density at radius 1 is 1.24 bits per heavy atom.